The van der Waals surface area contributed by atoms with Gasteiger partial charge >= 0.3 is 0 Å². The molecule has 2 N–H and O–H groups in total. The molecule has 7 heteroatoms. The molecule has 1 fully saturated rings. The third-order valence-electron chi connectivity index (χ3n) is 3.84. The summed E-state index contributed by atoms with van der Waals surface area (Å²) in [5.41, 5.74) is 5.98. The molecule has 0 radical (unpaired) electrons. The Hall–Kier alpha value is -1.34. The zero-order chi connectivity index (χ0) is 15.4. The van der Waals surface area contributed by atoms with Crippen molar-refractivity contribution < 1.29 is 9.53 Å². The van der Waals surface area contributed by atoms with Crippen LogP contribution in [-0.4, -0.2) is 54.7 Å². The summed E-state index contributed by atoms with van der Waals surface area (Å²) >= 11 is 1.39. The summed E-state index contributed by atoms with van der Waals surface area (Å²) in [5, 5.41) is 0.819. The number of ether oxygens (including phenoxy) is 1. The van der Waals surface area contributed by atoms with Crippen LogP contribution in [0.5, 0.6) is 0 Å². The van der Waals surface area contributed by atoms with Gasteiger partial charge in [0.1, 0.15) is 10.7 Å². The molecular weight excluding hydrogens is 288 g/mol. The van der Waals surface area contributed by atoms with Gasteiger partial charge in [-0.15, -0.1) is 0 Å². The number of anilines is 2. The van der Waals surface area contributed by atoms with Gasteiger partial charge in [0.25, 0.3) is 5.91 Å². The molecule has 1 aliphatic heterocycles. The summed E-state index contributed by atoms with van der Waals surface area (Å²) in [7, 11) is 0. The van der Waals surface area contributed by atoms with Crippen LogP contribution in [0, 0.1) is 0 Å². The summed E-state index contributed by atoms with van der Waals surface area (Å²) in [6.07, 6.45) is 0.925. The van der Waals surface area contributed by atoms with Gasteiger partial charge in [0.05, 0.1) is 13.2 Å². The standard InChI is InChI=1S/C14H24N4O2S/c1-4-10(3)18(5-2)13(19)11-12(15)16-14(21-11)17-6-8-20-9-7-17/h10H,4-9,15H2,1-3H3. The summed E-state index contributed by atoms with van der Waals surface area (Å²) in [4.78, 5) is 21.6. The average Bonchev–Trinajstić information content (AvgIpc) is 2.90. The van der Waals surface area contributed by atoms with E-state index in [1.807, 2.05) is 11.8 Å². The molecule has 2 rings (SSSR count). The SMILES string of the molecule is CCC(C)N(CC)C(=O)c1sc(N2CCOCC2)nc1N. The molecule has 0 saturated carbocycles. The van der Waals surface area contributed by atoms with Gasteiger partial charge in [0.15, 0.2) is 5.13 Å². The number of aromatic nitrogens is 1. The zero-order valence-electron chi connectivity index (χ0n) is 13.0. The number of rotatable bonds is 5. The second-order valence-corrected chi connectivity index (χ2v) is 6.14. The Labute approximate surface area is 129 Å². The highest BCUT2D eigenvalue weighted by molar-refractivity contribution is 7.18. The lowest BCUT2D eigenvalue weighted by Crippen LogP contribution is -2.38. The van der Waals surface area contributed by atoms with Crippen molar-refractivity contribution in [1.29, 1.82) is 0 Å². The molecule has 1 aromatic heterocycles. The fourth-order valence-electron chi connectivity index (χ4n) is 2.37. The van der Waals surface area contributed by atoms with Crippen LogP contribution in [0.2, 0.25) is 0 Å². The summed E-state index contributed by atoms with van der Waals surface area (Å²) in [6, 6.07) is 0.204. The van der Waals surface area contributed by atoms with Crippen LogP contribution < -0.4 is 10.6 Å². The van der Waals surface area contributed by atoms with Crippen LogP contribution in [-0.2, 0) is 4.74 Å². The van der Waals surface area contributed by atoms with E-state index >= 15 is 0 Å². The topological polar surface area (TPSA) is 71.7 Å². The lowest BCUT2D eigenvalue weighted by Gasteiger charge is -2.27. The number of hydrogen-bond acceptors (Lipinski definition) is 6. The number of amides is 1. The lowest BCUT2D eigenvalue weighted by atomic mass is 10.2. The summed E-state index contributed by atoms with van der Waals surface area (Å²) < 4.78 is 5.34. The largest absolute Gasteiger partial charge is 0.382 e. The van der Waals surface area contributed by atoms with Gasteiger partial charge in [-0.1, -0.05) is 18.3 Å². The third-order valence-corrected chi connectivity index (χ3v) is 4.96. The highest BCUT2D eigenvalue weighted by Crippen LogP contribution is 2.30. The maximum Gasteiger partial charge on any atom is 0.268 e. The minimum Gasteiger partial charge on any atom is -0.382 e. The van der Waals surface area contributed by atoms with Gasteiger partial charge in [-0.05, 0) is 20.3 Å². The van der Waals surface area contributed by atoms with Crippen LogP contribution in [0.3, 0.4) is 0 Å². The van der Waals surface area contributed by atoms with Gasteiger partial charge < -0.3 is 20.3 Å². The Bertz CT molecular complexity index is 485. The molecule has 0 spiro atoms. The Kier molecular flexibility index (Phi) is 5.41. The van der Waals surface area contributed by atoms with Crippen molar-refractivity contribution in [3.05, 3.63) is 4.88 Å². The van der Waals surface area contributed by atoms with E-state index in [4.69, 9.17) is 10.5 Å². The molecule has 0 aromatic carbocycles. The van der Waals surface area contributed by atoms with Gasteiger partial charge in [-0.3, -0.25) is 4.79 Å². The van der Waals surface area contributed by atoms with E-state index in [1.54, 1.807) is 0 Å². The van der Waals surface area contributed by atoms with Crippen LogP contribution in [0.15, 0.2) is 0 Å². The Balaban J connectivity index is 2.19. The van der Waals surface area contributed by atoms with Gasteiger partial charge in [0, 0.05) is 25.7 Å². The number of morpholine rings is 1. The first kappa shape index (κ1) is 16.0. The van der Waals surface area contributed by atoms with Crippen LogP contribution in [0.4, 0.5) is 10.9 Å². The van der Waals surface area contributed by atoms with Crippen LogP contribution >= 0.6 is 11.3 Å². The summed E-state index contributed by atoms with van der Waals surface area (Å²) in [5.74, 6) is 0.328. The average molecular weight is 312 g/mol. The Morgan fingerprint density at radius 2 is 2.14 bits per heavy atom. The quantitative estimate of drug-likeness (QED) is 0.898. The van der Waals surface area contributed by atoms with Crippen molar-refractivity contribution in [1.82, 2.24) is 9.88 Å². The van der Waals surface area contributed by atoms with E-state index in [9.17, 15) is 4.79 Å². The van der Waals surface area contributed by atoms with E-state index in [2.05, 4.69) is 23.7 Å². The maximum absolute atomic E-state index is 12.7. The van der Waals surface area contributed by atoms with Crippen molar-refractivity contribution in [2.75, 3.05) is 43.5 Å². The first-order valence-electron chi connectivity index (χ1n) is 7.48. The minimum absolute atomic E-state index is 0.0126. The summed E-state index contributed by atoms with van der Waals surface area (Å²) in [6.45, 7) is 9.78. The first-order valence-corrected chi connectivity index (χ1v) is 8.30. The van der Waals surface area contributed by atoms with Crippen LogP contribution in [0.25, 0.3) is 0 Å². The Morgan fingerprint density at radius 3 is 2.71 bits per heavy atom. The number of nitrogen functional groups attached to an aromatic ring is 1. The van der Waals surface area contributed by atoms with Gasteiger partial charge in [0.2, 0.25) is 0 Å². The predicted molar refractivity (Wildman–Crippen MR) is 86.0 cm³/mol. The van der Waals surface area contributed by atoms with Crippen molar-refractivity contribution in [3.8, 4) is 0 Å². The fourth-order valence-corrected chi connectivity index (χ4v) is 3.36. The molecule has 1 atom stereocenters. The highest BCUT2D eigenvalue weighted by Gasteiger charge is 2.26. The van der Waals surface area contributed by atoms with E-state index < -0.39 is 0 Å². The van der Waals surface area contributed by atoms with E-state index in [0.29, 0.717) is 30.5 Å². The number of nitrogens with zero attached hydrogens (tertiary/aromatic N) is 3. The number of nitrogens with two attached hydrogens (primary N) is 1. The number of thiazole rings is 1. The molecule has 118 valence electrons. The number of carbonyl (C=O) groups is 1. The molecule has 1 aliphatic rings. The molecule has 1 amide bonds. The van der Waals surface area contributed by atoms with E-state index in [-0.39, 0.29) is 11.9 Å². The molecule has 6 nitrogen and oxygen atoms in total. The molecular formula is C14H24N4O2S. The second-order valence-electron chi connectivity index (χ2n) is 5.16. The van der Waals surface area contributed by atoms with Crippen molar-refractivity contribution in [2.24, 2.45) is 0 Å². The predicted octanol–water partition coefficient (Wildman–Crippen LogP) is 1.82. The van der Waals surface area contributed by atoms with Crippen LogP contribution in [0.1, 0.15) is 36.9 Å². The first-order chi connectivity index (χ1) is 10.1. The zero-order valence-corrected chi connectivity index (χ0v) is 13.8. The van der Waals surface area contributed by atoms with Crippen molar-refractivity contribution in [3.63, 3.8) is 0 Å². The molecule has 1 aromatic rings. The molecule has 0 aliphatic carbocycles. The lowest BCUT2D eigenvalue weighted by molar-refractivity contribution is 0.0706. The molecule has 1 unspecified atom stereocenters. The third kappa shape index (κ3) is 3.47. The fraction of sp³-hybridized carbons (Fsp3) is 0.714. The molecule has 21 heavy (non-hydrogen) atoms. The second kappa shape index (κ2) is 7.09. The van der Waals surface area contributed by atoms with E-state index in [1.165, 1.54) is 11.3 Å². The Morgan fingerprint density at radius 1 is 1.48 bits per heavy atom. The smallest absolute Gasteiger partial charge is 0.268 e. The number of carbonyl (C=O) groups excluding carboxylic acids is 1. The van der Waals surface area contributed by atoms with Crippen molar-refractivity contribution in [2.45, 2.75) is 33.2 Å². The molecule has 1 saturated heterocycles. The van der Waals surface area contributed by atoms with E-state index in [0.717, 1.165) is 24.6 Å². The highest BCUT2D eigenvalue weighted by atomic mass is 32.1. The number of hydrogen-bond donors (Lipinski definition) is 1. The minimum atomic E-state index is -0.0126. The van der Waals surface area contributed by atoms with Crippen molar-refractivity contribution >= 4 is 28.2 Å². The maximum atomic E-state index is 12.7. The molecule has 2 heterocycles. The van der Waals surface area contributed by atoms with Gasteiger partial charge in [-0.2, -0.15) is 0 Å². The molecule has 0 bridgehead atoms. The van der Waals surface area contributed by atoms with Gasteiger partial charge in [-0.25, -0.2) is 4.98 Å². The normalized spacial score (nSPS) is 16.8. The monoisotopic (exact) mass is 312 g/mol.